The summed E-state index contributed by atoms with van der Waals surface area (Å²) < 4.78 is 6.56. The molecule has 0 saturated carbocycles. The van der Waals surface area contributed by atoms with E-state index in [1.165, 1.54) is 11.1 Å². The number of benzene rings is 2. The number of nitrogens with zero attached hydrogens (tertiary/aromatic N) is 3. The summed E-state index contributed by atoms with van der Waals surface area (Å²) in [6.45, 7) is 6.04. The van der Waals surface area contributed by atoms with E-state index in [1.807, 2.05) is 18.2 Å². The van der Waals surface area contributed by atoms with Gasteiger partial charge in [0.15, 0.2) is 0 Å². The van der Waals surface area contributed by atoms with Crippen LogP contribution in [0.3, 0.4) is 0 Å². The van der Waals surface area contributed by atoms with Crippen molar-refractivity contribution in [1.82, 2.24) is 9.97 Å². The van der Waals surface area contributed by atoms with E-state index in [0.717, 1.165) is 53.2 Å². The second kappa shape index (κ2) is 8.00. The normalized spacial score (nSPS) is 14.6. The average Bonchev–Trinajstić information content (AvgIpc) is 2.69. The van der Waals surface area contributed by atoms with Crippen LogP contribution in [0.2, 0.25) is 5.28 Å². The Hall–Kier alpha value is -1.89. The predicted octanol–water partition coefficient (Wildman–Crippen LogP) is 4.80. The molecule has 2 aromatic carbocycles. The van der Waals surface area contributed by atoms with E-state index < -0.39 is 0 Å². The van der Waals surface area contributed by atoms with E-state index in [2.05, 4.69) is 61.2 Å². The van der Waals surface area contributed by atoms with Gasteiger partial charge in [0.2, 0.25) is 5.28 Å². The van der Waals surface area contributed by atoms with Crippen molar-refractivity contribution >= 4 is 49.9 Å². The van der Waals surface area contributed by atoms with Crippen LogP contribution < -0.4 is 10.2 Å². The number of ether oxygens (including phenoxy) is 1. The first-order valence-corrected chi connectivity index (χ1v) is 10.1. The maximum Gasteiger partial charge on any atom is 0.224 e. The Labute approximate surface area is 171 Å². The van der Waals surface area contributed by atoms with Crippen LogP contribution in [0.25, 0.3) is 10.9 Å². The Bertz CT molecular complexity index is 976. The van der Waals surface area contributed by atoms with Gasteiger partial charge in [-0.1, -0.05) is 28.1 Å². The lowest BCUT2D eigenvalue weighted by molar-refractivity contribution is 0.122. The molecule has 7 heteroatoms. The number of morpholine rings is 1. The molecular weight excluding hydrogens is 428 g/mol. The minimum atomic E-state index is 0.245. The van der Waals surface area contributed by atoms with Crippen molar-refractivity contribution in [2.75, 3.05) is 36.5 Å². The molecule has 0 radical (unpaired) electrons. The number of hydrogen-bond donors (Lipinski definition) is 1. The van der Waals surface area contributed by atoms with Gasteiger partial charge >= 0.3 is 0 Å². The summed E-state index contributed by atoms with van der Waals surface area (Å²) in [6, 6.07) is 12.4. The van der Waals surface area contributed by atoms with Crippen LogP contribution >= 0.6 is 27.5 Å². The zero-order valence-corrected chi connectivity index (χ0v) is 17.3. The number of anilines is 2. The summed E-state index contributed by atoms with van der Waals surface area (Å²) in [5.41, 5.74) is 4.40. The number of nitrogens with one attached hydrogen (secondary N) is 1. The fourth-order valence-electron chi connectivity index (χ4n) is 3.26. The summed E-state index contributed by atoms with van der Waals surface area (Å²) in [4.78, 5) is 11.1. The zero-order chi connectivity index (χ0) is 18.8. The third-order valence-electron chi connectivity index (χ3n) is 4.85. The molecule has 1 N–H and O–H groups in total. The highest BCUT2D eigenvalue weighted by Crippen LogP contribution is 2.28. The predicted molar refractivity (Wildman–Crippen MR) is 114 cm³/mol. The van der Waals surface area contributed by atoms with Gasteiger partial charge in [-0.05, 0) is 53.9 Å². The molecule has 27 heavy (non-hydrogen) atoms. The summed E-state index contributed by atoms with van der Waals surface area (Å²) in [5.74, 6) is 0.750. The van der Waals surface area contributed by atoms with Gasteiger partial charge in [0.05, 0.1) is 18.7 Å². The van der Waals surface area contributed by atoms with E-state index in [4.69, 9.17) is 16.3 Å². The van der Waals surface area contributed by atoms with Gasteiger partial charge in [-0.3, -0.25) is 0 Å². The first-order valence-electron chi connectivity index (χ1n) is 8.89. The molecule has 0 bridgehead atoms. The summed E-state index contributed by atoms with van der Waals surface area (Å²) >= 11 is 9.74. The Morgan fingerprint density at radius 2 is 2.00 bits per heavy atom. The van der Waals surface area contributed by atoms with Crippen molar-refractivity contribution in [1.29, 1.82) is 0 Å². The Balaban J connectivity index is 1.66. The smallest absolute Gasteiger partial charge is 0.224 e. The van der Waals surface area contributed by atoms with E-state index in [9.17, 15) is 0 Å². The standard InChI is InChI=1S/C20H20BrClN4O/c1-13-14(3-2-4-17(13)21)12-23-19-16-11-15(26-7-9-27-10-8-26)5-6-18(16)24-20(22)25-19/h2-6,11H,7-10,12H2,1H3,(H,23,24,25). The molecule has 3 aromatic rings. The molecule has 0 amide bonds. The highest BCUT2D eigenvalue weighted by molar-refractivity contribution is 9.10. The topological polar surface area (TPSA) is 50.3 Å². The molecule has 1 fully saturated rings. The monoisotopic (exact) mass is 446 g/mol. The quantitative estimate of drug-likeness (QED) is 0.582. The fraction of sp³-hybridized carbons (Fsp3) is 0.300. The Kier molecular flexibility index (Phi) is 5.48. The third-order valence-corrected chi connectivity index (χ3v) is 5.88. The highest BCUT2D eigenvalue weighted by atomic mass is 79.9. The van der Waals surface area contributed by atoms with Crippen molar-refractivity contribution in [3.8, 4) is 0 Å². The number of hydrogen-bond acceptors (Lipinski definition) is 5. The number of halogens is 2. The molecule has 0 spiro atoms. The van der Waals surface area contributed by atoms with Gasteiger partial charge in [0, 0.05) is 35.2 Å². The van der Waals surface area contributed by atoms with E-state index in [1.54, 1.807) is 0 Å². The Morgan fingerprint density at radius 1 is 1.19 bits per heavy atom. The van der Waals surface area contributed by atoms with E-state index in [-0.39, 0.29) is 5.28 Å². The molecule has 0 atom stereocenters. The first kappa shape index (κ1) is 18.5. The van der Waals surface area contributed by atoms with Crippen LogP contribution in [0.1, 0.15) is 11.1 Å². The van der Waals surface area contributed by atoms with Gasteiger partial charge in [-0.25, -0.2) is 9.97 Å². The minimum absolute atomic E-state index is 0.245. The minimum Gasteiger partial charge on any atom is -0.378 e. The molecule has 0 unspecified atom stereocenters. The second-order valence-corrected chi connectivity index (χ2v) is 7.71. The van der Waals surface area contributed by atoms with Crippen molar-refractivity contribution in [3.05, 3.63) is 57.3 Å². The number of fused-ring (bicyclic) bond motifs is 1. The van der Waals surface area contributed by atoms with Crippen LogP contribution in [-0.2, 0) is 11.3 Å². The van der Waals surface area contributed by atoms with Crippen molar-refractivity contribution < 1.29 is 4.74 Å². The first-order chi connectivity index (χ1) is 13.1. The van der Waals surface area contributed by atoms with Crippen molar-refractivity contribution in [3.63, 3.8) is 0 Å². The second-order valence-electron chi connectivity index (χ2n) is 6.52. The molecule has 1 aromatic heterocycles. The molecule has 1 aliphatic rings. The van der Waals surface area contributed by atoms with Crippen LogP contribution in [-0.4, -0.2) is 36.3 Å². The largest absolute Gasteiger partial charge is 0.378 e. The summed E-state index contributed by atoms with van der Waals surface area (Å²) in [6.07, 6.45) is 0. The molecular formula is C20H20BrClN4O. The third kappa shape index (κ3) is 4.03. The molecule has 0 aliphatic carbocycles. The van der Waals surface area contributed by atoms with Gasteiger partial charge in [-0.2, -0.15) is 0 Å². The van der Waals surface area contributed by atoms with E-state index in [0.29, 0.717) is 6.54 Å². The summed E-state index contributed by atoms with van der Waals surface area (Å²) in [7, 11) is 0. The van der Waals surface area contributed by atoms with E-state index >= 15 is 0 Å². The van der Waals surface area contributed by atoms with Crippen LogP contribution in [0.5, 0.6) is 0 Å². The fourth-order valence-corrected chi connectivity index (χ4v) is 3.85. The lowest BCUT2D eigenvalue weighted by Crippen LogP contribution is -2.36. The lowest BCUT2D eigenvalue weighted by Gasteiger charge is -2.29. The van der Waals surface area contributed by atoms with Crippen LogP contribution in [0, 0.1) is 6.92 Å². The van der Waals surface area contributed by atoms with Gasteiger partial charge in [-0.15, -0.1) is 0 Å². The maximum absolute atomic E-state index is 6.15. The molecule has 4 rings (SSSR count). The average molecular weight is 448 g/mol. The Morgan fingerprint density at radius 3 is 2.81 bits per heavy atom. The zero-order valence-electron chi connectivity index (χ0n) is 15.0. The van der Waals surface area contributed by atoms with Crippen molar-refractivity contribution in [2.45, 2.75) is 13.5 Å². The summed E-state index contributed by atoms with van der Waals surface area (Å²) in [5, 5.41) is 4.66. The van der Waals surface area contributed by atoms with Gasteiger partial charge < -0.3 is 15.0 Å². The molecule has 140 valence electrons. The van der Waals surface area contributed by atoms with Crippen LogP contribution in [0.15, 0.2) is 40.9 Å². The number of aromatic nitrogens is 2. The molecule has 2 heterocycles. The SMILES string of the molecule is Cc1c(Br)cccc1CNc1nc(Cl)nc2ccc(N3CCOCC3)cc12. The molecule has 1 aliphatic heterocycles. The number of rotatable bonds is 4. The molecule has 5 nitrogen and oxygen atoms in total. The van der Waals surface area contributed by atoms with Gasteiger partial charge in [0.1, 0.15) is 5.82 Å². The maximum atomic E-state index is 6.15. The highest BCUT2D eigenvalue weighted by Gasteiger charge is 2.14. The molecule has 1 saturated heterocycles. The van der Waals surface area contributed by atoms with Gasteiger partial charge in [0.25, 0.3) is 0 Å². The van der Waals surface area contributed by atoms with Crippen LogP contribution in [0.4, 0.5) is 11.5 Å². The lowest BCUT2D eigenvalue weighted by atomic mass is 10.1. The van der Waals surface area contributed by atoms with Crippen molar-refractivity contribution in [2.24, 2.45) is 0 Å².